The third-order valence-corrected chi connectivity index (χ3v) is 12.9. The predicted molar refractivity (Wildman–Crippen MR) is 270 cm³/mol. The maximum atomic E-state index is 4.34. The first-order chi connectivity index (χ1) is 31.7. The molecule has 0 saturated carbocycles. The fourth-order valence-corrected chi connectivity index (χ4v) is 10.1. The summed E-state index contributed by atoms with van der Waals surface area (Å²) in [5, 5.41) is 9.87. The van der Waals surface area contributed by atoms with Crippen molar-refractivity contribution in [2.75, 3.05) is 4.90 Å². The van der Waals surface area contributed by atoms with Crippen LogP contribution in [0.3, 0.4) is 0 Å². The molecule has 0 saturated heterocycles. The Kier molecular flexibility index (Phi) is 8.77. The van der Waals surface area contributed by atoms with Crippen LogP contribution in [0.15, 0.2) is 200 Å². The van der Waals surface area contributed by atoms with E-state index in [1.54, 1.807) is 0 Å². The van der Waals surface area contributed by atoms with Crippen LogP contribution < -0.4 is 26.0 Å². The van der Waals surface area contributed by atoms with Gasteiger partial charge in [0.15, 0.2) is 0 Å². The van der Waals surface area contributed by atoms with E-state index in [-0.39, 0.29) is 0 Å². The van der Waals surface area contributed by atoms with E-state index in [2.05, 4.69) is 225 Å². The third kappa shape index (κ3) is 5.79. The van der Waals surface area contributed by atoms with Gasteiger partial charge in [0, 0.05) is 67.1 Å². The second-order valence-corrected chi connectivity index (χ2v) is 16.4. The second kappa shape index (κ2) is 15.0. The fraction of sp³-hybridized carbons (Fsp3) is 0.0667. The lowest BCUT2D eigenvalue weighted by atomic mass is 10.0. The van der Waals surface area contributed by atoms with Crippen LogP contribution >= 0.6 is 0 Å². The number of aromatic nitrogens is 3. The SMILES string of the molecule is C=C1/C=C\C=C/N(C2=C=c3c(c4ccccc4n3C3=C=C(Cc4ccc(-n5c6ccccc6c6cc(-n7c8c(c9ccccc97)=CCC=8)ccc65)cc4)C=C3)=C2)c2ccccc21.CC. The van der Waals surface area contributed by atoms with Crippen molar-refractivity contribution < 1.29 is 0 Å². The standard InChI is InChI=1S/C58H38N4.C2H6/c1-38-13-10-11-32-59(52-19-6-2-14-45(38)52)44-36-51-49-17-5-9-22-55(49)62(58(51)37-44)42-29-26-40(34-42)33-39-24-27-41(28-25-39)60-54-21-8-4-16-48(54)50-35-43(30-31-57(50)60)61-53-20-7-3-15-46(53)47-18-12-23-56(47)61;1-2/h2-11,13-32,35-36H,1,12,33H2;1-2H3/b13-10-,32-11-;. The number of benzene rings is 6. The number of para-hydroxylation sites is 4. The Labute approximate surface area is 371 Å². The maximum Gasteiger partial charge on any atom is 0.0998 e. The molecular formula is C60H44N4. The van der Waals surface area contributed by atoms with Crippen LogP contribution in [-0.2, 0) is 6.42 Å². The highest BCUT2D eigenvalue weighted by atomic mass is 15.1. The van der Waals surface area contributed by atoms with Crippen LogP contribution in [0.25, 0.3) is 90.2 Å². The van der Waals surface area contributed by atoms with Crippen molar-refractivity contribution >= 4 is 84.5 Å². The predicted octanol–water partition coefficient (Wildman–Crippen LogP) is 11.5. The summed E-state index contributed by atoms with van der Waals surface area (Å²) in [6.45, 7) is 8.34. The van der Waals surface area contributed by atoms with Crippen molar-refractivity contribution in [3.05, 3.63) is 232 Å². The van der Waals surface area contributed by atoms with Gasteiger partial charge in [-0.3, -0.25) is 4.57 Å². The molecule has 0 amide bonds. The number of hydrogen-bond acceptors (Lipinski definition) is 1. The van der Waals surface area contributed by atoms with Gasteiger partial charge >= 0.3 is 0 Å². The molecule has 3 aliphatic carbocycles. The van der Waals surface area contributed by atoms with Crippen molar-refractivity contribution in [2.45, 2.75) is 26.7 Å². The molecule has 0 fully saturated rings. The van der Waals surface area contributed by atoms with Crippen LogP contribution in [0.5, 0.6) is 0 Å². The third-order valence-electron chi connectivity index (χ3n) is 12.9. The van der Waals surface area contributed by atoms with Crippen molar-refractivity contribution in [1.29, 1.82) is 0 Å². The molecule has 304 valence electrons. The molecule has 0 bridgehead atoms. The molecule has 4 heterocycles. The largest absolute Gasteiger partial charge is 0.310 e. The van der Waals surface area contributed by atoms with Crippen LogP contribution in [0.4, 0.5) is 5.69 Å². The lowest BCUT2D eigenvalue weighted by Gasteiger charge is -2.24. The number of rotatable bonds is 6. The number of fused-ring (bicyclic) bond motifs is 10. The van der Waals surface area contributed by atoms with Crippen LogP contribution in [0.2, 0.25) is 0 Å². The highest BCUT2D eigenvalue weighted by molar-refractivity contribution is 6.10. The minimum atomic E-state index is 0.783. The summed E-state index contributed by atoms with van der Waals surface area (Å²) in [5.74, 6) is 0. The lowest BCUT2D eigenvalue weighted by Crippen LogP contribution is -2.25. The van der Waals surface area contributed by atoms with Gasteiger partial charge in [0.25, 0.3) is 0 Å². The highest BCUT2D eigenvalue weighted by Gasteiger charge is 2.21. The van der Waals surface area contributed by atoms with Gasteiger partial charge in [-0.1, -0.05) is 141 Å². The van der Waals surface area contributed by atoms with Crippen molar-refractivity contribution in [3.8, 4) is 11.4 Å². The molecule has 0 N–H and O–H groups in total. The van der Waals surface area contributed by atoms with Crippen molar-refractivity contribution in [3.63, 3.8) is 0 Å². The lowest BCUT2D eigenvalue weighted by molar-refractivity contribution is 1.07. The summed E-state index contributed by atoms with van der Waals surface area (Å²) in [6, 6.07) is 50.7. The summed E-state index contributed by atoms with van der Waals surface area (Å²) in [5.41, 5.74) is 22.3. The van der Waals surface area contributed by atoms with E-state index in [0.717, 1.165) is 63.2 Å². The average Bonchev–Trinajstić information content (AvgIpc) is 4.21. The highest BCUT2D eigenvalue weighted by Crippen LogP contribution is 2.35. The van der Waals surface area contributed by atoms with E-state index in [9.17, 15) is 0 Å². The first kappa shape index (κ1) is 37.5. The molecule has 3 aromatic heterocycles. The first-order valence-corrected chi connectivity index (χ1v) is 22.3. The molecule has 9 aromatic rings. The number of hydrogen-bond donors (Lipinski definition) is 0. The van der Waals surface area contributed by atoms with Crippen LogP contribution in [0.1, 0.15) is 31.4 Å². The molecule has 1 aliphatic heterocycles. The average molecular weight is 821 g/mol. The van der Waals surface area contributed by atoms with Gasteiger partial charge in [-0.2, -0.15) is 0 Å². The Bertz CT molecular complexity index is 3950. The molecule has 13 rings (SSSR count). The van der Waals surface area contributed by atoms with E-state index < -0.39 is 0 Å². The van der Waals surface area contributed by atoms with Gasteiger partial charge in [-0.15, -0.1) is 0 Å². The Hall–Kier alpha value is -8.26. The molecule has 4 heteroatoms. The molecule has 0 spiro atoms. The summed E-state index contributed by atoms with van der Waals surface area (Å²) in [7, 11) is 0. The number of allylic oxidation sites excluding steroid dienone is 8. The van der Waals surface area contributed by atoms with Crippen LogP contribution in [0, 0.1) is 0 Å². The second-order valence-electron chi connectivity index (χ2n) is 16.4. The minimum Gasteiger partial charge on any atom is -0.310 e. The quantitative estimate of drug-likeness (QED) is 0.153. The van der Waals surface area contributed by atoms with Crippen molar-refractivity contribution in [1.82, 2.24) is 13.7 Å². The fourth-order valence-electron chi connectivity index (χ4n) is 10.1. The van der Waals surface area contributed by atoms with E-state index in [1.165, 1.54) is 65.1 Å². The molecule has 6 aromatic carbocycles. The van der Waals surface area contributed by atoms with Gasteiger partial charge in [0.2, 0.25) is 0 Å². The van der Waals surface area contributed by atoms with Gasteiger partial charge in [-0.25, -0.2) is 0 Å². The topological polar surface area (TPSA) is 18.0 Å². The normalized spacial score (nSPS) is 15.5. The molecule has 0 unspecified atom stereocenters. The van der Waals surface area contributed by atoms with Gasteiger partial charge < -0.3 is 14.0 Å². The maximum absolute atomic E-state index is 4.34. The Morgan fingerprint density at radius 1 is 0.547 bits per heavy atom. The molecule has 4 aliphatic rings. The van der Waals surface area contributed by atoms with E-state index in [0.29, 0.717) is 0 Å². The molecule has 64 heavy (non-hydrogen) atoms. The first-order valence-electron chi connectivity index (χ1n) is 22.3. The van der Waals surface area contributed by atoms with Crippen molar-refractivity contribution in [2.24, 2.45) is 0 Å². The number of anilines is 1. The molecule has 4 nitrogen and oxygen atoms in total. The van der Waals surface area contributed by atoms with Crippen LogP contribution in [-0.4, -0.2) is 13.7 Å². The van der Waals surface area contributed by atoms with E-state index >= 15 is 0 Å². The molecule has 0 atom stereocenters. The monoisotopic (exact) mass is 820 g/mol. The Morgan fingerprint density at radius 2 is 1.22 bits per heavy atom. The van der Waals surface area contributed by atoms with Gasteiger partial charge in [-0.05, 0) is 96.5 Å². The summed E-state index contributed by atoms with van der Waals surface area (Å²) in [6.07, 6.45) is 21.4. The molecular weight excluding hydrogens is 777 g/mol. The Balaban J connectivity index is 0.00000214. The smallest absolute Gasteiger partial charge is 0.0998 e. The molecule has 0 radical (unpaired) electrons. The van der Waals surface area contributed by atoms with Gasteiger partial charge in [0.1, 0.15) is 0 Å². The van der Waals surface area contributed by atoms with E-state index in [1.807, 2.05) is 19.9 Å². The van der Waals surface area contributed by atoms with Gasteiger partial charge in [0.05, 0.1) is 49.8 Å². The Morgan fingerprint density at radius 3 is 2.03 bits per heavy atom. The zero-order valence-corrected chi connectivity index (χ0v) is 35.9. The zero-order valence-electron chi connectivity index (χ0n) is 35.9. The minimum absolute atomic E-state index is 0.783. The van der Waals surface area contributed by atoms with E-state index in [4.69, 9.17) is 0 Å². The summed E-state index contributed by atoms with van der Waals surface area (Å²) in [4.78, 5) is 2.22. The summed E-state index contributed by atoms with van der Waals surface area (Å²) >= 11 is 0. The zero-order chi connectivity index (χ0) is 42.9. The number of nitrogens with zero attached hydrogens (tertiary/aromatic N) is 4. The summed E-state index contributed by atoms with van der Waals surface area (Å²) < 4.78 is 7.15.